The molecule has 3 N–H and O–H groups in total. The van der Waals surface area contributed by atoms with Crippen LogP contribution in [0.4, 0.5) is 5.69 Å². The monoisotopic (exact) mass is 298 g/mol. The molecule has 1 heterocycles. The Hall–Kier alpha value is -2.46. The molecule has 0 atom stereocenters. The number of nitro groups is 1. The molecular weight excluding hydrogens is 288 g/mol. The molecule has 0 spiro atoms. The molecule has 1 aromatic carbocycles. The molecule has 0 fully saturated rings. The van der Waals surface area contributed by atoms with E-state index in [2.05, 4.69) is 14.9 Å². The van der Waals surface area contributed by atoms with Crippen molar-refractivity contribution < 1.29 is 13.3 Å². The van der Waals surface area contributed by atoms with E-state index in [9.17, 15) is 23.3 Å². The number of nitrogens with one attached hydrogen (secondary N) is 3. The molecule has 0 bridgehead atoms. The van der Waals surface area contributed by atoms with Crippen LogP contribution in [-0.2, 0) is 16.6 Å². The first-order valence-electron chi connectivity index (χ1n) is 5.39. The highest BCUT2D eigenvalue weighted by molar-refractivity contribution is 7.89. The van der Waals surface area contributed by atoms with Crippen molar-refractivity contribution in [3.05, 3.63) is 56.5 Å². The first kappa shape index (κ1) is 14.0. The third-order valence-electron chi connectivity index (χ3n) is 2.46. The second kappa shape index (κ2) is 5.27. The average Bonchev–Trinajstić information content (AvgIpc) is 2.82. The number of aromatic amines is 2. The fraction of sp³-hybridized carbons (Fsp3) is 0.100. The molecule has 0 aliphatic heterocycles. The lowest BCUT2D eigenvalue weighted by atomic mass is 10.3. The van der Waals surface area contributed by atoms with Gasteiger partial charge in [0.1, 0.15) is 0 Å². The summed E-state index contributed by atoms with van der Waals surface area (Å²) < 4.78 is 26.1. The zero-order valence-corrected chi connectivity index (χ0v) is 10.8. The number of hydrogen-bond acceptors (Lipinski definition) is 5. The van der Waals surface area contributed by atoms with Gasteiger partial charge in [0.05, 0.1) is 22.1 Å². The van der Waals surface area contributed by atoms with Crippen molar-refractivity contribution in [1.82, 2.24) is 14.9 Å². The Morgan fingerprint density at radius 1 is 1.20 bits per heavy atom. The maximum Gasteiger partial charge on any atom is 0.269 e. The number of nitro benzene ring substituents is 1. The first-order valence-corrected chi connectivity index (χ1v) is 6.87. The quantitative estimate of drug-likeness (QED) is 0.530. The van der Waals surface area contributed by atoms with Crippen LogP contribution in [0.3, 0.4) is 0 Å². The molecule has 0 radical (unpaired) electrons. The molecule has 0 aliphatic rings. The Bertz CT molecular complexity index is 774. The summed E-state index contributed by atoms with van der Waals surface area (Å²) in [6.07, 6.45) is 0. The van der Waals surface area contributed by atoms with Crippen molar-refractivity contribution in [2.45, 2.75) is 11.4 Å². The summed E-state index contributed by atoms with van der Waals surface area (Å²) in [4.78, 5) is 20.6. The summed E-state index contributed by atoms with van der Waals surface area (Å²) in [5.74, 6) is 0. The standard InChI is InChI=1S/C10H10N4O5S/c15-10-5-7(12-13-10)6-11-20(18,19)9-3-1-8(2-4-9)14(16)17/h1-5,11H,6H2,(H2,12,13,15). The number of nitrogens with zero attached hydrogens (tertiary/aromatic N) is 1. The molecule has 10 heteroatoms. The molecule has 2 aromatic rings. The van der Waals surface area contributed by atoms with Crippen LogP contribution in [0, 0.1) is 10.1 Å². The number of sulfonamides is 1. The minimum atomic E-state index is -3.80. The van der Waals surface area contributed by atoms with Gasteiger partial charge in [-0.1, -0.05) is 0 Å². The highest BCUT2D eigenvalue weighted by atomic mass is 32.2. The molecular formula is C10H10N4O5S. The maximum absolute atomic E-state index is 11.9. The van der Waals surface area contributed by atoms with Crippen LogP contribution in [0.1, 0.15) is 5.69 Å². The molecule has 0 aliphatic carbocycles. The Morgan fingerprint density at radius 3 is 2.35 bits per heavy atom. The SMILES string of the molecule is O=c1cc(CNS(=O)(=O)c2ccc([N+](=O)[O-])cc2)[nH][nH]1. The number of non-ortho nitro benzene ring substituents is 1. The van der Waals surface area contributed by atoms with Gasteiger partial charge in [-0.15, -0.1) is 0 Å². The zero-order chi connectivity index (χ0) is 14.8. The van der Waals surface area contributed by atoms with Gasteiger partial charge in [-0.05, 0) is 12.1 Å². The molecule has 9 nitrogen and oxygen atoms in total. The summed E-state index contributed by atoms with van der Waals surface area (Å²) in [6, 6.07) is 5.71. The summed E-state index contributed by atoms with van der Waals surface area (Å²) in [7, 11) is -3.80. The predicted octanol–water partition coefficient (Wildman–Crippen LogP) is 0.0897. The summed E-state index contributed by atoms with van der Waals surface area (Å²) in [6.45, 7) is -0.0991. The number of hydrogen-bond donors (Lipinski definition) is 3. The molecule has 20 heavy (non-hydrogen) atoms. The Morgan fingerprint density at radius 2 is 1.85 bits per heavy atom. The van der Waals surface area contributed by atoms with Crippen LogP contribution in [0.5, 0.6) is 0 Å². The van der Waals surface area contributed by atoms with Crippen LogP contribution in [0.25, 0.3) is 0 Å². The van der Waals surface area contributed by atoms with Crippen LogP contribution in [-0.4, -0.2) is 23.5 Å². The van der Waals surface area contributed by atoms with Gasteiger partial charge in [0.2, 0.25) is 10.0 Å². The number of rotatable bonds is 5. The molecule has 0 saturated heterocycles. The van der Waals surface area contributed by atoms with E-state index in [0.717, 1.165) is 24.3 Å². The topological polar surface area (TPSA) is 138 Å². The van der Waals surface area contributed by atoms with Crippen molar-refractivity contribution >= 4 is 15.7 Å². The van der Waals surface area contributed by atoms with Gasteiger partial charge < -0.3 is 5.10 Å². The third kappa shape index (κ3) is 3.10. The van der Waals surface area contributed by atoms with Gasteiger partial charge >= 0.3 is 0 Å². The lowest BCUT2D eigenvalue weighted by Gasteiger charge is -2.05. The highest BCUT2D eigenvalue weighted by Crippen LogP contribution is 2.15. The lowest BCUT2D eigenvalue weighted by molar-refractivity contribution is -0.384. The highest BCUT2D eigenvalue weighted by Gasteiger charge is 2.15. The summed E-state index contributed by atoms with van der Waals surface area (Å²) in [5, 5.41) is 15.3. The van der Waals surface area contributed by atoms with E-state index in [-0.39, 0.29) is 22.7 Å². The Kier molecular flexibility index (Phi) is 3.68. The average molecular weight is 298 g/mol. The van der Waals surface area contributed by atoms with E-state index >= 15 is 0 Å². The van der Waals surface area contributed by atoms with E-state index in [1.807, 2.05) is 0 Å². The molecule has 2 rings (SSSR count). The molecule has 1 aromatic heterocycles. The van der Waals surface area contributed by atoms with Gasteiger partial charge in [0, 0.05) is 18.2 Å². The van der Waals surface area contributed by atoms with Gasteiger partial charge in [0.25, 0.3) is 11.2 Å². The molecule has 0 unspecified atom stereocenters. The van der Waals surface area contributed by atoms with Crippen molar-refractivity contribution in [3.63, 3.8) is 0 Å². The van der Waals surface area contributed by atoms with E-state index in [4.69, 9.17) is 0 Å². The van der Waals surface area contributed by atoms with Gasteiger partial charge in [-0.3, -0.25) is 20.0 Å². The Balaban J connectivity index is 2.13. The van der Waals surface area contributed by atoms with E-state index in [1.54, 1.807) is 0 Å². The maximum atomic E-state index is 11.9. The number of H-pyrrole nitrogens is 2. The van der Waals surface area contributed by atoms with Gasteiger partial charge in [-0.25, -0.2) is 13.1 Å². The minimum absolute atomic E-state index is 0.0963. The van der Waals surface area contributed by atoms with Crippen molar-refractivity contribution in [2.24, 2.45) is 0 Å². The third-order valence-corrected chi connectivity index (χ3v) is 3.88. The smallest absolute Gasteiger partial charge is 0.269 e. The number of aromatic nitrogens is 2. The molecule has 0 amide bonds. The largest absolute Gasteiger partial charge is 0.301 e. The first-order chi connectivity index (χ1) is 9.38. The van der Waals surface area contributed by atoms with Gasteiger partial charge in [-0.2, -0.15) is 0 Å². The summed E-state index contributed by atoms with van der Waals surface area (Å²) in [5.41, 5.74) is -0.186. The van der Waals surface area contributed by atoms with Crippen LogP contribution >= 0.6 is 0 Å². The summed E-state index contributed by atoms with van der Waals surface area (Å²) >= 11 is 0. The minimum Gasteiger partial charge on any atom is -0.301 e. The van der Waals surface area contributed by atoms with Crippen LogP contribution in [0.2, 0.25) is 0 Å². The lowest BCUT2D eigenvalue weighted by Crippen LogP contribution is -2.23. The fourth-order valence-corrected chi connectivity index (χ4v) is 2.48. The van der Waals surface area contributed by atoms with Crippen molar-refractivity contribution in [3.8, 4) is 0 Å². The molecule has 106 valence electrons. The van der Waals surface area contributed by atoms with E-state index < -0.39 is 14.9 Å². The fourth-order valence-electron chi connectivity index (χ4n) is 1.47. The predicted molar refractivity (Wildman–Crippen MR) is 68.5 cm³/mol. The van der Waals surface area contributed by atoms with Crippen molar-refractivity contribution in [2.75, 3.05) is 0 Å². The number of benzene rings is 1. The Labute approximate surface area is 112 Å². The molecule has 0 saturated carbocycles. The van der Waals surface area contributed by atoms with Crippen molar-refractivity contribution in [1.29, 1.82) is 0 Å². The second-order valence-corrected chi connectivity index (χ2v) is 5.63. The van der Waals surface area contributed by atoms with Crippen LogP contribution < -0.4 is 10.3 Å². The van der Waals surface area contributed by atoms with Crippen LogP contribution in [0.15, 0.2) is 40.0 Å². The zero-order valence-electron chi connectivity index (χ0n) is 9.99. The van der Waals surface area contributed by atoms with E-state index in [1.165, 1.54) is 6.07 Å². The van der Waals surface area contributed by atoms with E-state index in [0.29, 0.717) is 5.69 Å². The second-order valence-electron chi connectivity index (χ2n) is 3.86. The normalized spacial score (nSPS) is 11.4. The van der Waals surface area contributed by atoms with Gasteiger partial charge in [0.15, 0.2) is 0 Å².